The third kappa shape index (κ3) is 4.30. The van der Waals surface area contributed by atoms with Gasteiger partial charge in [-0.25, -0.2) is 4.98 Å². The summed E-state index contributed by atoms with van der Waals surface area (Å²) in [5.74, 6) is 0.578. The summed E-state index contributed by atoms with van der Waals surface area (Å²) in [6, 6.07) is 59.9. The zero-order chi connectivity index (χ0) is 33.5. The predicted octanol–water partition coefficient (Wildman–Crippen LogP) is 13.5. The Morgan fingerprint density at radius 3 is 1.84 bits per heavy atom. The van der Waals surface area contributed by atoms with Gasteiger partial charge in [-0.05, 0) is 98.4 Å². The molecule has 0 saturated carbocycles. The quantitative estimate of drug-likeness (QED) is 0.177. The lowest BCUT2D eigenvalue weighted by Gasteiger charge is -2.26. The monoisotopic (exact) mass is 652 g/mol. The summed E-state index contributed by atoms with van der Waals surface area (Å²) in [5.41, 5.74) is 7.31. The van der Waals surface area contributed by atoms with Gasteiger partial charge in [-0.3, -0.25) is 0 Å². The van der Waals surface area contributed by atoms with E-state index in [4.69, 9.17) is 13.8 Å². The number of hydrogen-bond acceptors (Lipinski definition) is 4. The number of aromatic nitrogens is 1. The topological polar surface area (TPSA) is 42.4 Å². The van der Waals surface area contributed by atoms with E-state index in [9.17, 15) is 0 Å². The van der Waals surface area contributed by atoms with Crippen LogP contribution in [0.2, 0.25) is 0 Å². The largest absolute Gasteiger partial charge is 0.456 e. The molecule has 0 spiro atoms. The zero-order valence-electron chi connectivity index (χ0n) is 27.4. The second kappa shape index (κ2) is 10.8. The Morgan fingerprint density at radius 1 is 0.373 bits per heavy atom. The Bertz CT molecular complexity index is 3160. The molecule has 9 aromatic carbocycles. The highest BCUT2D eigenvalue weighted by molar-refractivity contribution is 6.18. The molecular formula is C47H28N2O2. The molecule has 0 saturated heterocycles. The van der Waals surface area contributed by atoms with Crippen molar-refractivity contribution in [1.29, 1.82) is 0 Å². The van der Waals surface area contributed by atoms with Gasteiger partial charge in [0.1, 0.15) is 16.7 Å². The van der Waals surface area contributed by atoms with Gasteiger partial charge in [0, 0.05) is 38.8 Å². The highest BCUT2D eigenvalue weighted by Gasteiger charge is 2.20. The van der Waals surface area contributed by atoms with Gasteiger partial charge in [-0.2, -0.15) is 0 Å². The van der Waals surface area contributed by atoms with Crippen molar-refractivity contribution in [3.8, 4) is 11.5 Å². The van der Waals surface area contributed by atoms with Gasteiger partial charge in [0.15, 0.2) is 5.58 Å². The number of oxazole rings is 1. The van der Waals surface area contributed by atoms with Crippen molar-refractivity contribution >= 4 is 93.2 Å². The van der Waals surface area contributed by atoms with E-state index in [0.29, 0.717) is 5.89 Å². The molecule has 11 aromatic rings. The first-order valence-electron chi connectivity index (χ1n) is 17.2. The van der Waals surface area contributed by atoms with Crippen LogP contribution in [0.3, 0.4) is 0 Å². The van der Waals surface area contributed by atoms with Crippen molar-refractivity contribution in [3.63, 3.8) is 0 Å². The first-order valence-corrected chi connectivity index (χ1v) is 17.2. The Hall–Kier alpha value is -6.91. The van der Waals surface area contributed by atoms with Gasteiger partial charge in [0.2, 0.25) is 5.89 Å². The fourth-order valence-electron chi connectivity index (χ4n) is 7.88. The molecule has 2 aromatic heterocycles. The minimum Gasteiger partial charge on any atom is -0.456 e. The average Bonchev–Trinajstić information content (AvgIpc) is 3.80. The SMILES string of the molecule is c1ccc(N(c2ccc3ccc4c5ccccc5ccc4c3c2)c2ccc3oc4cccc(-c5nc6c(ccc7ccccc76)o5)c4c3c2)cc1. The Kier molecular flexibility index (Phi) is 5.92. The number of hydrogen-bond donors (Lipinski definition) is 0. The molecule has 0 aliphatic rings. The van der Waals surface area contributed by atoms with Crippen LogP contribution in [-0.2, 0) is 0 Å². The van der Waals surface area contributed by atoms with Crippen molar-refractivity contribution in [1.82, 2.24) is 4.98 Å². The Labute approximate surface area is 292 Å². The van der Waals surface area contributed by atoms with Crippen molar-refractivity contribution in [2.24, 2.45) is 0 Å². The summed E-state index contributed by atoms with van der Waals surface area (Å²) >= 11 is 0. The highest BCUT2D eigenvalue weighted by Crippen LogP contribution is 2.43. The van der Waals surface area contributed by atoms with E-state index in [1.165, 1.54) is 32.3 Å². The molecule has 4 nitrogen and oxygen atoms in total. The Balaban J connectivity index is 1.12. The summed E-state index contributed by atoms with van der Waals surface area (Å²) in [7, 11) is 0. The number of nitrogens with zero attached hydrogens (tertiary/aromatic N) is 2. The molecule has 0 unspecified atom stereocenters. The highest BCUT2D eigenvalue weighted by atomic mass is 16.3. The zero-order valence-corrected chi connectivity index (χ0v) is 27.4. The van der Waals surface area contributed by atoms with E-state index in [2.05, 4.69) is 144 Å². The average molecular weight is 653 g/mol. The van der Waals surface area contributed by atoms with E-state index in [-0.39, 0.29) is 0 Å². The van der Waals surface area contributed by atoms with Crippen LogP contribution in [0.25, 0.3) is 87.6 Å². The summed E-state index contributed by atoms with van der Waals surface area (Å²) in [6.45, 7) is 0. The Morgan fingerprint density at radius 2 is 1.00 bits per heavy atom. The lowest BCUT2D eigenvalue weighted by molar-refractivity contribution is 0.620. The first-order chi connectivity index (χ1) is 25.3. The molecule has 0 aliphatic heterocycles. The molecule has 51 heavy (non-hydrogen) atoms. The molecule has 238 valence electrons. The van der Waals surface area contributed by atoms with E-state index in [1.807, 2.05) is 30.3 Å². The summed E-state index contributed by atoms with van der Waals surface area (Å²) in [4.78, 5) is 7.38. The molecule has 0 amide bonds. The minimum atomic E-state index is 0.578. The molecule has 0 aliphatic carbocycles. The summed E-state index contributed by atoms with van der Waals surface area (Å²) in [5, 5.41) is 11.6. The maximum atomic E-state index is 6.46. The van der Waals surface area contributed by atoms with Gasteiger partial charge >= 0.3 is 0 Å². The summed E-state index contributed by atoms with van der Waals surface area (Å²) < 4.78 is 12.9. The molecule has 0 fully saturated rings. The number of anilines is 3. The molecule has 0 radical (unpaired) electrons. The van der Waals surface area contributed by atoms with Crippen LogP contribution in [-0.4, -0.2) is 4.98 Å². The van der Waals surface area contributed by atoms with Crippen LogP contribution in [0.5, 0.6) is 0 Å². The fourth-order valence-corrected chi connectivity index (χ4v) is 7.88. The van der Waals surface area contributed by atoms with Crippen LogP contribution in [0.4, 0.5) is 17.1 Å². The minimum absolute atomic E-state index is 0.578. The maximum absolute atomic E-state index is 6.46. The van der Waals surface area contributed by atoms with Crippen LogP contribution in [0.15, 0.2) is 179 Å². The second-order valence-corrected chi connectivity index (χ2v) is 13.1. The van der Waals surface area contributed by atoms with E-state index in [1.54, 1.807) is 0 Å². The lowest BCUT2D eigenvalue weighted by Crippen LogP contribution is -2.09. The van der Waals surface area contributed by atoms with Crippen LogP contribution in [0, 0.1) is 0 Å². The molecule has 4 heteroatoms. The molecule has 0 N–H and O–H groups in total. The smallest absolute Gasteiger partial charge is 0.228 e. The number of fused-ring (bicyclic) bond motifs is 11. The van der Waals surface area contributed by atoms with E-state index >= 15 is 0 Å². The molecule has 0 atom stereocenters. The third-order valence-electron chi connectivity index (χ3n) is 10.3. The van der Waals surface area contributed by atoms with E-state index in [0.717, 1.165) is 66.4 Å². The normalized spacial score (nSPS) is 11.9. The van der Waals surface area contributed by atoms with Crippen LogP contribution in [0.1, 0.15) is 0 Å². The van der Waals surface area contributed by atoms with E-state index < -0.39 is 0 Å². The third-order valence-corrected chi connectivity index (χ3v) is 10.3. The van der Waals surface area contributed by atoms with Gasteiger partial charge in [0.05, 0.1) is 0 Å². The molecule has 0 bridgehead atoms. The maximum Gasteiger partial charge on any atom is 0.228 e. The van der Waals surface area contributed by atoms with Gasteiger partial charge < -0.3 is 13.7 Å². The van der Waals surface area contributed by atoms with Crippen molar-refractivity contribution in [3.05, 3.63) is 170 Å². The van der Waals surface area contributed by atoms with Crippen LogP contribution < -0.4 is 4.90 Å². The summed E-state index contributed by atoms with van der Waals surface area (Å²) in [6.07, 6.45) is 0. The number of para-hydroxylation sites is 1. The second-order valence-electron chi connectivity index (χ2n) is 13.1. The standard InChI is InChI=1S/C47H28N2O2/c1-2-11-32(12-3-1)49(33-21-17-31-19-23-37-35-13-6-4-9-29(35)18-24-38(37)40(31)27-33)34-22-26-42-41(28-34)45-39(15-8-16-43(45)50-42)47-48-46-36-14-7-5-10-30(36)20-25-44(46)51-47/h1-28H. The first kappa shape index (κ1) is 28.0. The lowest BCUT2D eigenvalue weighted by atomic mass is 9.96. The molecule has 11 rings (SSSR count). The predicted molar refractivity (Wildman–Crippen MR) is 211 cm³/mol. The number of furan rings is 1. The van der Waals surface area contributed by atoms with Gasteiger partial charge in [-0.1, -0.05) is 109 Å². The molecular weight excluding hydrogens is 625 g/mol. The molecule has 2 heterocycles. The van der Waals surface area contributed by atoms with Crippen molar-refractivity contribution < 1.29 is 8.83 Å². The van der Waals surface area contributed by atoms with Gasteiger partial charge in [-0.15, -0.1) is 0 Å². The van der Waals surface area contributed by atoms with Crippen molar-refractivity contribution in [2.75, 3.05) is 4.90 Å². The van der Waals surface area contributed by atoms with Crippen molar-refractivity contribution in [2.45, 2.75) is 0 Å². The van der Waals surface area contributed by atoms with Crippen LogP contribution >= 0.6 is 0 Å². The number of benzene rings is 9. The van der Waals surface area contributed by atoms with Gasteiger partial charge in [0.25, 0.3) is 0 Å². The number of rotatable bonds is 4. The fraction of sp³-hybridized carbons (Fsp3) is 0.